The number of amides is 3. The summed E-state index contributed by atoms with van der Waals surface area (Å²) in [6, 6.07) is -0.244. The first-order valence-electron chi connectivity index (χ1n) is 19.2. The number of nitrogens with one attached hydrogen (secondary N) is 1. The minimum Gasteiger partial charge on any atom is -0.444 e. The number of hydrogen-bond acceptors (Lipinski definition) is 12. The number of carbonyl (C=O) groups excluding carboxylic acids is 3. The fourth-order valence-electron chi connectivity index (χ4n) is 11.5. The lowest BCUT2D eigenvalue weighted by atomic mass is 9.42. The summed E-state index contributed by atoms with van der Waals surface area (Å²) in [7, 11) is -4.56. The lowest BCUT2D eigenvalue weighted by Crippen LogP contribution is -2.65. The lowest BCUT2D eigenvalue weighted by molar-refractivity contribution is -0.161. The second-order valence-electron chi connectivity index (χ2n) is 18.2. The number of hydrogen-bond donors (Lipinski definition) is 7. The summed E-state index contributed by atoms with van der Waals surface area (Å²) in [6.45, 7) is 12.4. The van der Waals surface area contributed by atoms with Crippen LogP contribution in [0.1, 0.15) is 119 Å². The average molecular weight is 775 g/mol. The van der Waals surface area contributed by atoms with Crippen molar-refractivity contribution in [1.82, 2.24) is 5.32 Å². The number of unbranched alkanes of at least 4 members (excludes halogenated alkanes) is 1. The predicted octanol–water partition coefficient (Wildman–Crippen LogP) is 4.24. The summed E-state index contributed by atoms with van der Waals surface area (Å²) in [6.07, 6.45) is 4.58. The van der Waals surface area contributed by atoms with Crippen molar-refractivity contribution in [2.75, 3.05) is 13.2 Å². The molecule has 0 aliphatic heterocycles. The van der Waals surface area contributed by atoms with Gasteiger partial charge in [-0.3, -0.25) is 16.0 Å². The monoisotopic (exact) mass is 774 g/mol. The molecular weight excluding hydrogens is 708 g/mol. The van der Waals surface area contributed by atoms with Gasteiger partial charge in [0.05, 0.1) is 13.0 Å². The summed E-state index contributed by atoms with van der Waals surface area (Å²) in [5, 5.41) is 3.28. The first-order chi connectivity index (χ1) is 24.3. The number of ether oxygens (including phenoxy) is 3. The van der Waals surface area contributed by atoms with Gasteiger partial charge in [0.25, 0.3) is 0 Å². The topological polar surface area (TPSA) is 285 Å². The Bertz CT molecular complexity index is 1450. The van der Waals surface area contributed by atoms with Gasteiger partial charge in [0.15, 0.2) is 11.4 Å². The highest BCUT2D eigenvalue weighted by molar-refractivity contribution is 7.80. The summed E-state index contributed by atoms with van der Waals surface area (Å²) in [4.78, 5) is 37.8. The second kappa shape index (κ2) is 16.0. The van der Waals surface area contributed by atoms with Crippen LogP contribution < -0.4 is 34.0 Å². The van der Waals surface area contributed by atoms with E-state index in [1.165, 1.54) is 0 Å². The third kappa shape index (κ3) is 10.1. The van der Waals surface area contributed by atoms with Crippen molar-refractivity contribution in [3.8, 4) is 0 Å². The van der Waals surface area contributed by atoms with E-state index in [2.05, 4.69) is 19.2 Å². The minimum atomic E-state index is -4.56. The molecule has 4 saturated carbocycles. The number of nitrogens with two attached hydrogens (primary N) is 5. The molecule has 17 heteroatoms. The van der Waals surface area contributed by atoms with Crippen molar-refractivity contribution in [1.29, 1.82) is 0 Å². The molecule has 4 aliphatic carbocycles. The van der Waals surface area contributed by atoms with Gasteiger partial charge >= 0.3 is 28.7 Å². The number of primary amides is 2. The normalized spacial score (nSPS) is 35.6. The standard InChI is InChI=1S/C36H66N6O10S/c1-21(19-49-53(46,47)48)24-9-10-25-28-26(12-15-34(24,25)6)33(5)14-11-22(17-23(33)18-27(28)42-31(45)52-32(2,3)4)36(41,51-30(39)44)20-35(40,50-29(38)43)13-7-8-16-37/h21-28H,7-20,37,40-41H2,1-6H3,(H2,38,43)(H2,39,44)(H,42,45)(H,46,47,48)/t21-,22-,23-,24?,25?,26?,27-,28?,33+,34-,35?,36?/m1/s1. The Morgan fingerprint density at radius 2 is 1.53 bits per heavy atom. The largest absolute Gasteiger partial charge is 0.444 e. The summed E-state index contributed by atoms with van der Waals surface area (Å²) < 4.78 is 53.8. The van der Waals surface area contributed by atoms with Gasteiger partial charge in [0.1, 0.15) is 5.60 Å². The highest BCUT2D eigenvalue weighted by Gasteiger charge is 2.64. The van der Waals surface area contributed by atoms with E-state index < -0.39 is 51.6 Å². The van der Waals surface area contributed by atoms with E-state index in [1.54, 1.807) is 0 Å². The van der Waals surface area contributed by atoms with Crippen LogP contribution in [0.5, 0.6) is 0 Å². The molecule has 4 rings (SSSR count). The minimum absolute atomic E-state index is 0.0481. The van der Waals surface area contributed by atoms with Crippen LogP contribution >= 0.6 is 0 Å². The maximum absolute atomic E-state index is 13.5. The van der Waals surface area contributed by atoms with E-state index in [1.807, 2.05) is 27.7 Å². The van der Waals surface area contributed by atoms with Crippen LogP contribution in [0.15, 0.2) is 0 Å². The molecule has 0 aromatic heterocycles. The van der Waals surface area contributed by atoms with E-state index in [9.17, 15) is 27.4 Å². The van der Waals surface area contributed by atoms with E-state index >= 15 is 0 Å². The van der Waals surface area contributed by atoms with Crippen LogP contribution in [0.25, 0.3) is 0 Å². The van der Waals surface area contributed by atoms with E-state index in [-0.39, 0.29) is 71.8 Å². The molecule has 0 aromatic rings. The van der Waals surface area contributed by atoms with Crippen molar-refractivity contribution in [2.24, 2.45) is 80.9 Å². The van der Waals surface area contributed by atoms with Gasteiger partial charge in [-0.2, -0.15) is 8.42 Å². The smallest absolute Gasteiger partial charge is 0.407 e. The van der Waals surface area contributed by atoms with Crippen molar-refractivity contribution in [3.05, 3.63) is 0 Å². The average Bonchev–Trinajstić information content (AvgIpc) is 3.35. The number of rotatable bonds is 14. The molecule has 0 bridgehead atoms. The van der Waals surface area contributed by atoms with Gasteiger partial charge in [-0.1, -0.05) is 20.8 Å². The van der Waals surface area contributed by atoms with Crippen LogP contribution in [0.3, 0.4) is 0 Å². The molecule has 0 saturated heterocycles. The first kappa shape index (κ1) is 43.3. The first-order valence-corrected chi connectivity index (χ1v) is 20.6. The Hall–Kier alpha value is -2.44. The van der Waals surface area contributed by atoms with Crippen LogP contribution in [-0.4, -0.2) is 67.5 Å². The van der Waals surface area contributed by atoms with Crippen molar-refractivity contribution >= 4 is 28.7 Å². The molecule has 0 aromatic carbocycles. The summed E-state index contributed by atoms with van der Waals surface area (Å²) >= 11 is 0. The van der Waals surface area contributed by atoms with Gasteiger partial charge in [-0.05, 0) is 138 Å². The number of alkyl carbamates (subject to hydrolysis) is 1. The highest BCUT2D eigenvalue weighted by atomic mass is 32.3. The molecule has 6 unspecified atom stereocenters. The Morgan fingerprint density at radius 3 is 2.11 bits per heavy atom. The third-order valence-electron chi connectivity index (χ3n) is 13.6. The van der Waals surface area contributed by atoms with E-state index in [0.717, 1.165) is 32.1 Å². The molecule has 4 fully saturated rings. The molecule has 12 N–H and O–H groups in total. The Labute approximate surface area is 315 Å². The van der Waals surface area contributed by atoms with Crippen molar-refractivity contribution in [2.45, 2.75) is 142 Å². The Balaban J connectivity index is 1.67. The number of carbonyl (C=O) groups is 3. The van der Waals surface area contributed by atoms with Gasteiger partial charge in [0.2, 0.25) is 0 Å². The SMILES string of the molecule is C[C@H](COS(=O)(=O)O)C1CCC2C3C(CC[C@@]21C)[C@@]1(C)CC[C@@H](C(N)(CC(N)(CCCCN)OC(N)=O)OC(N)=O)C[C@@H]1C[C@H]3NC(=O)OC(C)(C)C. The molecule has 16 nitrogen and oxygen atoms in total. The third-order valence-corrected chi connectivity index (χ3v) is 14.0. The van der Waals surface area contributed by atoms with Crippen LogP contribution in [-0.2, 0) is 28.8 Å². The molecule has 0 heterocycles. The summed E-state index contributed by atoms with van der Waals surface area (Å²) in [5.74, 6) is 0.267. The zero-order valence-corrected chi connectivity index (χ0v) is 33.3. The zero-order chi connectivity index (χ0) is 39.8. The zero-order valence-electron chi connectivity index (χ0n) is 32.4. The number of fused-ring (bicyclic) bond motifs is 5. The Morgan fingerprint density at radius 1 is 0.906 bits per heavy atom. The second-order valence-corrected chi connectivity index (χ2v) is 19.2. The van der Waals surface area contributed by atoms with Crippen LogP contribution in [0, 0.1) is 52.3 Å². The molecule has 306 valence electrons. The quantitative estimate of drug-likeness (QED) is 0.0563. The maximum Gasteiger partial charge on any atom is 0.407 e. The molecule has 3 amide bonds. The van der Waals surface area contributed by atoms with Gasteiger partial charge in [-0.25, -0.2) is 18.6 Å². The molecule has 0 radical (unpaired) electrons. The van der Waals surface area contributed by atoms with Gasteiger partial charge in [-0.15, -0.1) is 0 Å². The fraction of sp³-hybridized carbons (Fsp3) is 0.917. The maximum atomic E-state index is 13.5. The van der Waals surface area contributed by atoms with Crippen molar-refractivity contribution in [3.63, 3.8) is 0 Å². The molecular formula is C36H66N6O10S. The van der Waals surface area contributed by atoms with Crippen molar-refractivity contribution < 1.29 is 45.7 Å². The predicted molar refractivity (Wildman–Crippen MR) is 197 cm³/mol. The van der Waals surface area contributed by atoms with Crippen LogP contribution in [0.4, 0.5) is 14.4 Å². The van der Waals surface area contributed by atoms with Gasteiger partial charge in [0, 0.05) is 18.4 Å². The fourth-order valence-corrected chi connectivity index (χ4v) is 11.9. The van der Waals surface area contributed by atoms with Gasteiger partial charge < -0.3 is 36.7 Å². The van der Waals surface area contributed by atoms with Crippen LogP contribution in [0.2, 0.25) is 0 Å². The lowest BCUT2D eigenvalue weighted by Gasteiger charge is -2.64. The molecule has 4 aliphatic rings. The van der Waals surface area contributed by atoms with E-state index in [4.69, 9.17) is 47.1 Å². The summed E-state index contributed by atoms with van der Waals surface area (Å²) in [5.41, 5.74) is 26.0. The molecule has 12 atom stereocenters. The highest BCUT2D eigenvalue weighted by Crippen LogP contribution is 2.69. The van der Waals surface area contributed by atoms with E-state index in [0.29, 0.717) is 38.6 Å². The Kier molecular flexibility index (Phi) is 13.0. The molecule has 53 heavy (non-hydrogen) atoms. The molecule has 0 spiro atoms.